The van der Waals surface area contributed by atoms with E-state index in [2.05, 4.69) is 15.5 Å². The lowest BCUT2D eigenvalue weighted by atomic mass is 10.2. The number of nitrogens with one attached hydrogen (secondary N) is 1. The van der Waals surface area contributed by atoms with Crippen LogP contribution in [0.4, 0.5) is 28.4 Å². The summed E-state index contributed by atoms with van der Waals surface area (Å²) in [6.07, 6.45) is 0. The van der Waals surface area contributed by atoms with Crippen molar-refractivity contribution in [1.29, 1.82) is 0 Å². The van der Waals surface area contributed by atoms with E-state index in [9.17, 15) is 0 Å². The maximum Gasteiger partial charge on any atom is 0.0857 e. The Bertz CT molecular complexity index is 926. The third-order valence-corrected chi connectivity index (χ3v) is 3.77. The zero-order valence-electron chi connectivity index (χ0n) is 15.4. The first kappa shape index (κ1) is 18.9. The largest absolute Gasteiger partial charge is 0.399 e. The van der Waals surface area contributed by atoms with E-state index in [1.807, 2.05) is 115 Å². The molecule has 0 fully saturated rings. The lowest BCUT2D eigenvalue weighted by molar-refractivity contribution is 1.23. The fraction of sp³-hybridized carbons (Fsp3) is 0. The number of hydrogen-bond donors (Lipinski definition) is 2. The van der Waals surface area contributed by atoms with E-state index in [0.29, 0.717) is 0 Å². The van der Waals surface area contributed by atoms with Gasteiger partial charge in [0.25, 0.3) is 0 Å². The van der Waals surface area contributed by atoms with Crippen LogP contribution in [0, 0.1) is 0 Å². The highest BCUT2D eigenvalue weighted by Crippen LogP contribution is 2.17. The van der Waals surface area contributed by atoms with E-state index in [-0.39, 0.29) is 0 Å². The molecule has 0 saturated carbocycles. The Labute approximate surface area is 165 Å². The molecule has 0 aliphatic heterocycles. The maximum atomic E-state index is 5.59. The van der Waals surface area contributed by atoms with Crippen molar-refractivity contribution in [2.24, 2.45) is 10.2 Å². The van der Waals surface area contributed by atoms with E-state index in [4.69, 9.17) is 5.73 Å². The number of para-hydroxylation sites is 1. The summed E-state index contributed by atoms with van der Waals surface area (Å²) < 4.78 is 0. The first-order valence-electron chi connectivity index (χ1n) is 8.99. The van der Waals surface area contributed by atoms with E-state index < -0.39 is 0 Å². The summed E-state index contributed by atoms with van der Waals surface area (Å²) in [4.78, 5) is 0. The Morgan fingerprint density at radius 2 is 0.857 bits per heavy atom. The van der Waals surface area contributed by atoms with E-state index in [1.165, 1.54) is 0 Å². The second-order valence-corrected chi connectivity index (χ2v) is 5.98. The Kier molecular flexibility index (Phi) is 6.93. The quantitative estimate of drug-likeness (QED) is 0.298. The Balaban J connectivity index is 0.000000161. The molecule has 0 atom stereocenters. The molecule has 0 aliphatic rings. The number of nitrogens with zero attached hydrogens (tertiary/aromatic N) is 2. The summed E-state index contributed by atoms with van der Waals surface area (Å²) in [5.74, 6) is 0. The highest BCUT2D eigenvalue weighted by molar-refractivity contribution is 5.61. The van der Waals surface area contributed by atoms with Crippen LogP contribution in [0.1, 0.15) is 0 Å². The van der Waals surface area contributed by atoms with Gasteiger partial charge in [0, 0.05) is 17.1 Å². The van der Waals surface area contributed by atoms with Crippen LogP contribution < -0.4 is 11.1 Å². The molecule has 28 heavy (non-hydrogen) atoms. The summed E-state index contributed by atoms with van der Waals surface area (Å²) in [5.41, 5.74) is 10.2. The van der Waals surface area contributed by atoms with Gasteiger partial charge in [-0.2, -0.15) is 10.2 Å². The van der Waals surface area contributed by atoms with Gasteiger partial charge < -0.3 is 11.1 Å². The van der Waals surface area contributed by atoms with Crippen LogP contribution >= 0.6 is 0 Å². The van der Waals surface area contributed by atoms with Gasteiger partial charge in [-0.1, -0.05) is 54.6 Å². The summed E-state index contributed by atoms with van der Waals surface area (Å²) in [7, 11) is 0. The molecule has 0 aromatic heterocycles. The molecule has 138 valence electrons. The molecule has 0 radical (unpaired) electrons. The van der Waals surface area contributed by atoms with Gasteiger partial charge in [-0.15, -0.1) is 0 Å². The standard InChI is InChI=1S/C12H10N2.C12H12N2/c1-3-7-11(8-4-1)13-14-12-9-5-2-6-10-12;13-10-6-8-12(9-7-10)14-11-4-2-1-3-5-11/h1-10H;1-9,14H,13H2/b14-13+;. The molecule has 0 spiro atoms. The molecule has 3 N–H and O–H groups in total. The number of nitrogen functional groups attached to an aromatic ring is 1. The second-order valence-electron chi connectivity index (χ2n) is 5.98. The average molecular weight is 366 g/mol. The summed E-state index contributed by atoms with van der Waals surface area (Å²) in [5, 5.41) is 11.5. The smallest absolute Gasteiger partial charge is 0.0857 e. The molecule has 0 bridgehead atoms. The van der Waals surface area contributed by atoms with Crippen LogP contribution in [0.3, 0.4) is 0 Å². The van der Waals surface area contributed by atoms with E-state index in [1.54, 1.807) is 0 Å². The topological polar surface area (TPSA) is 62.8 Å². The molecule has 4 aromatic rings. The Morgan fingerprint density at radius 1 is 0.464 bits per heavy atom. The predicted octanol–water partition coefficient (Wildman–Crippen LogP) is 7.11. The third-order valence-electron chi connectivity index (χ3n) is 3.77. The van der Waals surface area contributed by atoms with Gasteiger partial charge in [-0.3, -0.25) is 0 Å². The predicted molar refractivity (Wildman–Crippen MR) is 118 cm³/mol. The SMILES string of the molecule is Nc1ccc(Nc2ccccc2)cc1.c1ccc(/N=N/c2ccccc2)cc1. The molecule has 0 aliphatic carbocycles. The van der Waals surface area contributed by atoms with Crippen LogP contribution in [0.15, 0.2) is 125 Å². The molecular formula is C24H22N4. The molecule has 0 saturated heterocycles. The van der Waals surface area contributed by atoms with Crippen LogP contribution in [0.5, 0.6) is 0 Å². The van der Waals surface area contributed by atoms with Crippen molar-refractivity contribution >= 4 is 28.4 Å². The van der Waals surface area contributed by atoms with Crippen LogP contribution in [-0.4, -0.2) is 0 Å². The average Bonchev–Trinajstić information content (AvgIpc) is 2.77. The number of benzene rings is 4. The van der Waals surface area contributed by atoms with Gasteiger partial charge in [0.2, 0.25) is 0 Å². The van der Waals surface area contributed by atoms with Gasteiger partial charge in [0.1, 0.15) is 0 Å². The van der Waals surface area contributed by atoms with Gasteiger partial charge in [-0.05, 0) is 60.7 Å². The van der Waals surface area contributed by atoms with Gasteiger partial charge >= 0.3 is 0 Å². The van der Waals surface area contributed by atoms with Crippen molar-refractivity contribution in [3.05, 3.63) is 115 Å². The minimum Gasteiger partial charge on any atom is -0.399 e. The molecule has 0 unspecified atom stereocenters. The van der Waals surface area contributed by atoms with Crippen LogP contribution in [0.25, 0.3) is 0 Å². The number of azo groups is 1. The fourth-order valence-electron chi connectivity index (χ4n) is 2.36. The molecule has 4 aromatic carbocycles. The highest BCUT2D eigenvalue weighted by atomic mass is 15.1. The summed E-state index contributed by atoms with van der Waals surface area (Å²) >= 11 is 0. The van der Waals surface area contributed by atoms with Crippen molar-refractivity contribution in [3.63, 3.8) is 0 Å². The summed E-state index contributed by atoms with van der Waals surface area (Å²) in [6, 6.07) is 37.1. The number of hydrogen-bond acceptors (Lipinski definition) is 4. The highest BCUT2D eigenvalue weighted by Gasteiger charge is 1.92. The van der Waals surface area contributed by atoms with Gasteiger partial charge in [0.15, 0.2) is 0 Å². The van der Waals surface area contributed by atoms with Crippen molar-refractivity contribution in [3.8, 4) is 0 Å². The number of rotatable bonds is 4. The fourth-order valence-corrected chi connectivity index (χ4v) is 2.36. The van der Waals surface area contributed by atoms with Crippen LogP contribution in [0.2, 0.25) is 0 Å². The Morgan fingerprint density at radius 3 is 1.32 bits per heavy atom. The maximum absolute atomic E-state index is 5.59. The zero-order valence-corrected chi connectivity index (χ0v) is 15.4. The second kappa shape index (κ2) is 10.3. The molecule has 0 amide bonds. The molecule has 0 heterocycles. The Hall–Kier alpha value is -3.92. The third kappa shape index (κ3) is 6.42. The van der Waals surface area contributed by atoms with Crippen molar-refractivity contribution in [1.82, 2.24) is 0 Å². The first-order chi connectivity index (χ1) is 13.8. The van der Waals surface area contributed by atoms with Crippen molar-refractivity contribution < 1.29 is 0 Å². The van der Waals surface area contributed by atoms with Gasteiger partial charge in [0.05, 0.1) is 11.4 Å². The lowest BCUT2D eigenvalue weighted by Crippen LogP contribution is -1.90. The minimum absolute atomic E-state index is 0.781. The number of nitrogens with two attached hydrogens (primary N) is 1. The lowest BCUT2D eigenvalue weighted by Gasteiger charge is -2.05. The summed E-state index contributed by atoms with van der Waals surface area (Å²) in [6.45, 7) is 0. The van der Waals surface area contributed by atoms with Gasteiger partial charge in [-0.25, -0.2) is 0 Å². The van der Waals surface area contributed by atoms with Crippen LogP contribution in [-0.2, 0) is 0 Å². The molecule has 4 nitrogen and oxygen atoms in total. The van der Waals surface area contributed by atoms with Crippen molar-refractivity contribution in [2.75, 3.05) is 11.1 Å². The molecule has 4 rings (SSSR count). The zero-order chi connectivity index (χ0) is 19.4. The first-order valence-corrected chi connectivity index (χ1v) is 8.99. The monoisotopic (exact) mass is 366 g/mol. The minimum atomic E-state index is 0.781. The van der Waals surface area contributed by atoms with E-state index >= 15 is 0 Å². The molecule has 4 heteroatoms. The van der Waals surface area contributed by atoms with E-state index in [0.717, 1.165) is 28.4 Å². The molecular weight excluding hydrogens is 344 g/mol. The normalized spacial score (nSPS) is 10.1. The van der Waals surface area contributed by atoms with Crippen molar-refractivity contribution in [2.45, 2.75) is 0 Å². The number of anilines is 3.